The van der Waals surface area contributed by atoms with Gasteiger partial charge in [0, 0.05) is 25.9 Å². The lowest BCUT2D eigenvalue weighted by atomic mass is 10.1. The average Bonchev–Trinajstić information content (AvgIpc) is 2.90. The molecule has 2 atom stereocenters. The van der Waals surface area contributed by atoms with E-state index in [0.29, 0.717) is 58.2 Å². The molecule has 0 aromatic rings. The van der Waals surface area contributed by atoms with Crippen molar-refractivity contribution < 1.29 is 48.3 Å². The van der Waals surface area contributed by atoms with E-state index in [1.165, 1.54) is 0 Å². The van der Waals surface area contributed by atoms with Crippen LogP contribution in [0.1, 0.15) is 98.3 Å². The molecule has 0 aliphatic heterocycles. The molecule has 0 aromatic heterocycles. The van der Waals surface area contributed by atoms with Crippen molar-refractivity contribution in [2.24, 2.45) is 0 Å². The maximum atomic E-state index is 12.3. The largest absolute Gasteiger partial charge is 0.508 e. The van der Waals surface area contributed by atoms with Gasteiger partial charge in [-0.05, 0) is 71.1 Å². The lowest BCUT2D eigenvalue weighted by molar-refractivity contribution is -0.138. The number of carboxylic acids is 2. The van der Waals surface area contributed by atoms with Crippen LogP contribution < -0.4 is 0 Å². The van der Waals surface area contributed by atoms with Gasteiger partial charge in [-0.25, -0.2) is 9.59 Å². The van der Waals surface area contributed by atoms with E-state index < -0.39 is 24.2 Å². The predicted molar refractivity (Wildman–Crippen MR) is 154 cm³/mol. The average molecular weight is 591 g/mol. The van der Waals surface area contributed by atoms with E-state index in [2.05, 4.69) is 23.6 Å². The van der Waals surface area contributed by atoms with Crippen molar-refractivity contribution in [2.45, 2.75) is 111 Å². The zero-order valence-electron chi connectivity index (χ0n) is 25.6. The molecular weight excluding hydrogens is 536 g/mol. The van der Waals surface area contributed by atoms with Crippen LogP contribution in [0.2, 0.25) is 0 Å². The topological polar surface area (TPSA) is 152 Å². The van der Waals surface area contributed by atoms with Crippen molar-refractivity contribution in [2.75, 3.05) is 52.5 Å². The summed E-state index contributed by atoms with van der Waals surface area (Å²) >= 11 is 0. The Morgan fingerprint density at radius 3 is 1.37 bits per heavy atom. The van der Waals surface area contributed by atoms with Crippen LogP contribution in [0.3, 0.4) is 0 Å². The Labute approximate surface area is 245 Å². The Bertz CT molecular complexity index is 668. The molecule has 0 radical (unpaired) electrons. The molecule has 0 rings (SSSR count). The van der Waals surface area contributed by atoms with Gasteiger partial charge in [0.2, 0.25) is 0 Å². The van der Waals surface area contributed by atoms with E-state index in [1.54, 1.807) is 0 Å². The minimum absolute atomic E-state index is 0.0284. The Kier molecular flexibility index (Phi) is 23.5. The van der Waals surface area contributed by atoms with Crippen molar-refractivity contribution in [3.8, 4) is 0 Å². The highest BCUT2D eigenvalue weighted by Crippen LogP contribution is 2.13. The summed E-state index contributed by atoms with van der Waals surface area (Å²) in [6, 6.07) is 0. The molecule has 0 aromatic carbocycles. The zero-order valence-corrected chi connectivity index (χ0v) is 25.6. The summed E-state index contributed by atoms with van der Waals surface area (Å²) in [5.74, 6) is -1.75. The first-order valence-electron chi connectivity index (χ1n) is 15.2. The smallest absolute Gasteiger partial charge is 0.481 e. The standard InChI is InChI=1S/C29H54N2O10/c1-5-12-24(14-9-16-26(32)33)40-28(36)38-22-20-31(19-11-18-30(7-3)8-4)21-23-39-29(37)41-25(13-6-2)15-10-17-27(34)35/h24-25H,5-23H2,1-4H3,(H,32,33)(H,34,35). The lowest BCUT2D eigenvalue weighted by Crippen LogP contribution is -2.35. The molecule has 0 saturated heterocycles. The summed E-state index contributed by atoms with van der Waals surface area (Å²) < 4.78 is 21.4. The van der Waals surface area contributed by atoms with Gasteiger partial charge < -0.3 is 34.1 Å². The van der Waals surface area contributed by atoms with Gasteiger partial charge in [0.05, 0.1) is 0 Å². The minimum atomic E-state index is -0.877. The van der Waals surface area contributed by atoms with Crippen LogP contribution >= 0.6 is 0 Å². The molecule has 0 spiro atoms. The van der Waals surface area contributed by atoms with Gasteiger partial charge >= 0.3 is 24.2 Å². The summed E-state index contributed by atoms with van der Waals surface area (Å²) in [5, 5.41) is 17.7. The molecule has 0 heterocycles. The van der Waals surface area contributed by atoms with Gasteiger partial charge in [-0.3, -0.25) is 14.5 Å². The minimum Gasteiger partial charge on any atom is -0.481 e. The van der Waals surface area contributed by atoms with Crippen molar-refractivity contribution in [3.63, 3.8) is 0 Å². The van der Waals surface area contributed by atoms with Gasteiger partial charge in [-0.15, -0.1) is 0 Å². The fourth-order valence-corrected chi connectivity index (χ4v) is 4.38. The summed E-state index contributed by atoms with van der Waals surface area (Å²) in [5.41, 5.74) is 0. The van der Waals surface area contributed by atoms with E-state index in [-0.39, 0.29) is 38.3 Å². The molecule has 2 unspecified atom stereocenters. The van der Waals surface area contributed by atoms with E-state index >= 15 is 0 Å². The van der Waals surface area contributed by atoms with Crippen LogP contribution in [0.5, 0.6) is 0 Å². The lowest BCUT2D eigenvalue weighted by Gasteiger charge is -2.24. The van der Waals surface area contributed by atoms with Crippen molar-refractivity contribution in [1.82, 2.24) is 9.80 Å². The van der Waals surface area contributed by atoms with E-state index in [0.717, 1.165) is 38.9 Å². The molecule has 0 amide bonds. The number of nitrogens with zero attached hydrogens (tertiary/aromatic N) is 2. The summed E-state index contributed by atoms with van der Waals surface area (Å²) in [7, 11) is 0. The molecule has 2 N–H and O–H groups in total. The Hall–Kier alpha value is -2.60. The van der Waals surface area contributed by atoms with Gasteiger partial charge in [-0.2, -0.15) is 0 Å². The predicted octanol–water partition coefficient (Wildman–Crippen LogP) is 5.17. The van der Waals surface area contributed by atoms with Crippen LogP contribution in [0.15, 0.2) is 0 Å². The van der Waals surface area contributed by atoms with Gasteiger partial charge in [0.15, 0.2) is 0 Å². The first kappa shape index (κ1) is 38.4. The SMILES string of the molecule is CCCC(CCCC(=O)O)OC(=O)OCCN(CCCN(CC)CC)CCOC(=O)OC(CCC)CCCC(=O)O. The number of carbonyl (C=O) groups is 4. The Balaban J connectivity index is 4.75. The second kappa shape index (κ2) is 25.1. The van der Waals surface area contributed by atoms with Crippen LogP contribution in [-0.4, -0.2) is 109 Å². The molecule has 0 aliphatic carbocycles. The molecule has 12 nitrogen and oxygen atoms in total. The maximum Gasteiger partial charge on any atom is 0.508 e. The third-order valence-electron chi connectivity index (χ3n) is 6.68. The van der Waals surface area contributed by atoms with E-state index in [4.69, 9.17) is 29.2 Å². The normalized spacial score (nSPS) is 12.6. The van der Waals surface area contributed by atoms with Crippen LogP contribution in [0, 0.1) is 0 Å². The third kappa shape index (κ3) is 22.7. The highest BCUT2D eigenvalue weighted by molar-refractivity contribution is 5.66. The fourth-order valence-electron chi connectivity index (χ4n) is 4.38. The van der Waals surface area contributed by atoms with Crippen LogP contribution in [-0.2, 0) is 28.5 Å². The second-order valence-corrected chi connectivity index (χ2v) is 10.0. The highest BCUT2D eigenvalue weighted by Gasteiger charge is 2.18. The van der Waals surface area contributed by atoms with Crippen molar-refractivity contribution in [3.05, 3.63) is 0 Å². The monoisotopic (exact) mass is 590 g/mol. The molecule has 0 fully saturated rings. The summed E-state index contributed by atoms with van der Waals surface area (Å²) in [6.45, 7) is 12.8. The van der Waals surface area contributed by atoms with Gasteiger partial charge in [0.25, 0.3) is 0 Å². The molecule has 0 aliphatic rings. The molecule has 12 heteroatoms. The zero-order chi connectivity index (χ0) is 30.9. The van der Waals surface area contributed by atoms with E-state index in [9.17, 15) is 19.2 Å². The number of carbonyl (C=O) groups excluding carboxylic acids is 2. The van der Waals surface area contributed by atoms with Crippen LogP contribution in [0.25, 0.3) is 0 Å². The molecule has 0 bridgehead atoms. The number of rotatable bonds is 26. The first-order valence-corrected chi connectivity index (χ1v) is 15.2. The number of hydrogen-bond acceptors (Lipinski definition) is 10. The molecule has 0 saturated carbocycles. The summed E-state index contributed by atoms with van der Waals surface area (Å²) in [6.07, 6.45) is 3.32. The number of hydrogen-bond donors (Lipinski definition) is 2. The van der Waals surface area contributed by atoms with Gasteiger partial charge in [-0.1, -0.05) is 40.5 Å². The van der Waals surface area contributed by atoms with Crippen molar-refractivity contribution >= 4 is 24.2 Å². The molecule has 240 valence electrons. The fraction of sp³-hybridized carbons (Fsp3) is 0.862. The third-order valence-corrected chi connectivity index (χ3v) is 6.68. The number of aliphatic carboxylic acids is 2. The number of carboxylic acid groups (broad SMARTS) is 2. The summed E-state index contributed by atoms with van der Waals surface area (Å²) in [4.78, 5) is 50.4. The maximum absolute atomic E-state index is 12.3. The Morgan fingerprint density at radius 1 is 0.585 bits per heavy atom. The second-order valence-electron chi connectivity index (χ2n) is 10.0. The van der Waals surface area contributed by atoms with Gasteiger partial charge in [0.1, 0.15) is 25.4 Å². The van der Waals surface area contributed by atoms with Crippen molar-refractivity contribution in [1.29, 1.82) is 0 Å². The highest BCUT2D eigenvalue weighted by atomic mass is 16.7. The molecule has 41 heavy (non-hydrogen) atoms. The molecular formula is C29H54N2O10. The quantitative estimate of drug-likeness (QED) is 0.128. The Morgan fingerprint density at radius 2 is 1.00 bits per heavy atom. The first-order chi connectivity index (χ1) is 19.6. The number of ether oxygens (including phenoxy) is 4. The van der Waals surface area contributed by atoms with E-state index in [1.807, 2.05) is 13.8 Å². The van der Waals surface area contributed by atoms with Crippen LogP contribution in [0.4, 0.5) is 9.59 Å².